The SMILES string of the molecule is CCOC(=O)C=Nc1ccc(S)cc1. The van der Waals surface area contributed by atoms with Gasteiger partial charge in [0, 0.05) is 4.90 Å². The first-order valence-corrected chi connectivity index (χ1v) is 4.67. The molecule has 4 heteroatoms. The molecule has 14 heavy (non-hydrogen) atoms. The minimum absolute atomic E-state index is 0.362. The molecule has 0 N–H and O–H groups in total. The summed E-state index contributed by atoms with van der Waals surface area (Å²) in [6, 6.07) is 7.16. The van der Waals surface area contributed by atoms with Crippen LogP contribution in [-0.4, -0.2) is 18.8 Å². The van der Waals surface area contributed by atoms with Gasteiger partial charge in [-0.3, -0.25) is 0 Å². The van der Waals surface area contributed by atoms with E-state index < -0.39 is 5.97 Å². The monoisotopic (exact) mass is 209 g/mol. The highest BCUT2D eigenvalue weighted by atomic mass is 32.1. The molecule has 0 bridgehead atoms. The molecule has 1 aromatic rings. The number of hydrogen-bond acceptors (Lipinski definition) is 4. The van der Waals surface area contributed by atoms with Gasteiger partial charge in [0.1, 0.15) is 6.21 Å². The normalized spacial score (nSPS) is 10.4. The highest BCUT2D eigenvalue weighted by Gasteiger charge is 1.94. The second-order valence-electron chi connectivity index (χ2n) is 2.53. The van der Waals surface area contributed by atoms with E-state index >= 15 is 0 Å². The number of thiol groups is 1. The zero-order valence-corrected chi connectivity index (χ0v) is 8.70. The van der Waals surface area contributed by atoms with Crippen molar-refractivity contribution < 1.29 is 9.53 Å². The molecule has 0 spiro atoms. The van der Waals surface area contributed by atoms with Crippen LogP contribution in [0.2, 0.25) is 0 Å². The van der Waals surface area contributed by atoms with Gasteiger partial charge in [-0.2, -0.15) is 0 Å². The largest absolute Gasteiger partial charge is 0.462 e. The van der Waals surface area contributed by atoms with E-state index in [1.54, 1.807) is 31.2 Å². The fourth-order valence-electron chi connectivity index (χ4n) is 0.845. The van der Waals surface area contributed by atoms with Gasteiger partial charge >= 0.3 is 5.97 Å². The predicted molar refractivity (Wildman–Crippen MR) is 58.5 cm³/mol. The van der Waals surface area contributed by atoms with Crippen LogP contribution in [-0.2, 0) is 9.53 Å². The Morgan fingerprint density at radius 2 is 2.14 bits per heavy atom. The third-order valence-corrected chi connectivity index (χ3v) is 1.75. The Morgan fingerprint density at radius 3 is 2.71 bits per heavy atom. The van der Waals surface area contributed by atoms with Crippen LogP contribution in [0.1, 0.15) is 6.92 Å². The molecule has 74 valence electrons. The van der Waals surface area contributed by atoms with Crippen LogP contribution in [0.3, 0.4) is 0 Å². The summed E-state index contributed by atoms with van der Waals surface area (Å²) in [6.07, 6.45) is 1.16. The minimum atomic E-state index is -0.428. The fraction of sp³-hybridized carbons (Fsp3) is 0.200. The van der Waals surface area contributed by atoms with Crippen LogP contribution in [0, 0.1) is 0 Å². The first kappa shape index (κ1) is 10.8. The molecule has 0 unspecified atom stereocenters. The summed E-state index contributed by atoms with van der Waals surface area (Å²) in [7, 11) is 0. The summed E-state index contributed by atoms with van der Waals surface area (Å²) >= 11 is 4.13. The van der Waals surface area contributed by atoms with Crippen molar-refractivity contribution in [3.8, 4) is 0 Å². The standard InChI is InChI=1S/C10H11NO2S/c1-2-13-10(12)7-11-8-3-5-9(14)6-4-8/h3-7,14H,2H2,1H3. The zero-order valence-electron chi connectivity index (χ0n) is 7.80. The van der Waals surface area contributed by atoms with Gasteiger partial charge in [0.25, 0.3) is 0 Å². The Morgan fingerprint density at radius 1 is 1.50 bits per heavy atom. The number of esters is 1. The summed E-state index contributed by atoms with van der Waals surface area (Å²) in [5.41, 5.74) is 0.704. The molecule has 3 nitrogen and oxygen atoms in total. The minimum Gasteiger partial charge on any atom is -0.462 e. The topological polar surface area (TPSA) is 38.7 Å². The highest BCUT2D eigenvalue weighted by molar-refractivity contribution is 7.80. The zero-order chi connectivity index (χ0) is 10.4. The summed E-state index contributed by atoms with van der Waals surface area (Å²) in [5, 5.41) is 0. The van der Waals surface area contributed by atoms with Crippen LogP contribution in [0.5, 0.6) is 0 Å². The molecule has 0 atom stereocenters. The first-order chi connectivity index (χ1) is 6.72. The Hall–Kier alpha value is -1.29. The molecule has 0 radical (unpaired) electrons. The lowest BCUT2D eigenvalue weighted by molar-refractivity contribution is -0.134. The number of benzene rings is 1. The third-order valence-electron chi connectivity index (χ3n) is 1.46. The van der Waals surface area contributed by atoms with Crippen LogP contribution < -0.4 is 0 Å². The number of aliphatic imine (C=N–C) groups is 1. The van der Waals surface area contributed by atoms with Crippen LogP contribution in [0.25, 0.3) is 0 Å². The van der Waals surface area contributed by atoms with Crippen molar-refractivity contribution in [3.63, 3.8) is 0 Å². The molecule has 0 aromatic heterocycles. The van der Waals surface area contributed by atoms with Crippen molar-refractivity contribution in [1.29, 1.82) is 0 Å². The molecule has 0 heterocycles. The van der Waals surface area contributed by atoms with E-state index in [-0.39, 0.29) is 0 Å². The molecule has 0 aliphatic heterocycles. The second-order valence-corrected chi connectivity index (χ2v) is 3.04. The summed E-state index contributed by atoms with van der Waals surface area (Å²) in [6.45, 7) is 2.11. The van der Waals surface area contributed by atoms with Crippen molar-refractivity contribution in [2.45, 2.75) is 11.8 Å². The lowest BCUT2D eigenvalue weighted by atomic mass is 10.3. The molecule has 0 amide bonds. The molecule has 1 aromatic carbocycles. The summed E-state index contributed by atoms with van der Waals surface area (Å²) < 4.78 is 4.68. The number of hydrogen-bond donors (Lipinski definition) is 1. The van der Waals surface area contributed by atoms with Crippen molar-refractivity contribution in [1.82, 2.24) is 0 Å². The average Bonchev–Trinajstić information content (AvgIpc) is 2.17. The Kier molecular flexibility index (Phi) is 4.19. The van der Waals surface area contributed by atoms with Gasteiger partial charge in [-0.1, -0.05) is 0 Å². The van der Waals surface area contributed by atoms with E-state index in [0.717, 1.165) is 11.1 Å². The molecular formula is C10H11NO2S. The van der Waals surface area contributed by atoms with Crippen molar-refractivity contribution in [3.05, 3.63) is 24.3 Å². The Bertz CT molecular complexity index is 332. The number of carbonyl (C=O) groups is 1. The van der Waals surface area contributed by atoms with Crippen LogP contribution >= 0.6 is 12.6 Å². The van der Waals surface area contributed by atoms with E-state index in [1.165, 1.54) is 0 Å². The maximum Gasteiger partial charge on any atom is 0.349 e. The molecule has 0 saturated carbocycles. The summed E-state index contributed by atoms with van der Waals surface area (Å²) in [4.78, 5) is 15.7. The molecule has 0 aliphatic rings. The van der Waals surface area contributed by atoms with Gasteiger partial charge in [0.2, 0.25) is 0 Å². The highest BCUT2D eigenvalue weighted by Crippen LogP contribution is 2.14. The van der Waals surface area contributed by atoms with Crippen LogP contribution in [0.15, 0.2) is 34.2 Å². The first-order valence-electron chi connectivity index (χ1n) is 4.22. The second kappa shape index (κ2) is 5.44. The van der Waals surface area contributed by atoms with E-state index in [9.17, 15) is 4.79 Å². The predicted octanol–water partition coefficient (Wildman–Crippen LogP) is 2.24. The van der Waals surface area contributed by atoms with Gasteiger partial charge in [-0.25, -0.2) is 9.79 Å². The van der Waals surface area contributed by atoms with Gasteiger partial charge < -0.3 is 4.74 Å². The average molecular weight is 209 g/mol. The third kappa shape index (κ3) is 3.62. The molecule has 1 rings (SSSR count). The lowest BCUT2D eigenvalue weighted by Crippen LogP contribution is -2.04. The number of ether oxygens (including phenoxy) is 1. The molecule has 0 fully saturated rings. The Balaban J connectivity index is 2.60. The van der Waals surface area contributed by atoms with E-state index in [0.29, 0.717) is 12.3 Å². The van der Waals surface area contributed by atoms with E-state index in [1.807, 2.05) is 0 Å². The van der Waals surface area contributed by atoms with Crippen molar-refractivity contribution >= 4 is 30.5 Å². The van der Waals surface area contributed by atoms with Crippen molar-refractivity contribution in [2.75, 3.05) is 6.61 Å². The van der Waals surface area contributed by atoms with Gasteiger partial charge in [0.15, 0.2) is 0 Å². The van der Waals surface area contributed by atoms with Gasteiger partial charge in [-0.05, 0) is 31.2 Å². The quantitative estimate of drug-likeness (QED) is 0.471. The molecule has 0 aliphatic carbocycles. The van der Waals surface area contributed by atoms with Gasteiger partial charge in [-0.15, -0.1) is 12.6 Å². The number of carbonyl (C=O) groups excluding carboxylic acids is 1. The maximum absolute atomic E-state index is 10.9. The van der Waals surface area contributed by atoms with Gasteiger partial charge in [0.05, 0.1) is 12.3 Å². The van der Waals surface area contributed by atoms with Crippen LogP contribution in [0.4, 0.5) is 5.69 Å². The molecular weight excluding hydrogens is 198 g/mol. The lowest BCUT2D eigenvalue weighted by Gasteiger charge is -1.95. The summed E-state index contributed by atoms with van der Waals surface area (Å²) in [5.74, 6) is -0.428. The van der Waals surface area contributed by atoms with E-state index in [4.69, 9.17) is 0 Å². The van der Waals surface area contributed by atoms with E-state index in [2.05, 4.69) is 22.4 Å². The molecule has 0 saturated heterocycles. The Labute approximate surface area is 88.2 Å². The maximum atomic E-state index is 10.9. The fourth-order valence-corrected chi connectivity index (χ4v) is 0.995. The number of nitrogens with zero attached hydrogens (tertiary/aromatic N) is 1. The number of rotatable bonds is 3. The smallest absolute Gasteiger partial charge is 0.349 e. The van der Waals surface area contributed by atoms with Crippen molar-refractivity contribution in [2.24, 2.45) is 4.99 Å².